The Labute approximate surface area is 114 Å². The Hall–Kier alpha value is -1.02. The summed E-state index contributed by atoms with van der Waals surface area (Å²) in [7, 11) is 0. The third-order valence-corrected chi connectivity index (χ3v) is 3.77. The lowest BCUT2D eigenvalue weighted by Gasteiger charge is -2.28. The highest BCUT2D eigenvalue weighted by atomic mass is 35.5. The fourth-order valence-corrected chi connectivity index (χ4v) is 2.73. The molecule has 1 aliphatic heterocycles. The van der Waals surface area contributed by atoms with E-state index in [1.165, 1.54) is 32.1 Å². The average Bonchev–Trinajstić information content (AvgIpc) is 2.29. The van der Waals surface area contributed by atoms with E-state index in [-0.39, 0.29) is 5.78 Å². The molecule has 0 spiro atoms. The van der Waals surface area contributed by atoms with Crippen LogP contribution in [0, 0.1) is 0 Å². The van der Waals surface area contributed by atoms with Gasteiger partial charge in [-0.05, 0) is 38.0 Å². The molecule has 1 aromatic rings. The minimum atomic E-state index is 0.0922. The van der Waals surface area contributed by atoms with Crippen LogP contribution in [0.2, 0.25) is 5.02 Å². The normalized spacial score (nSPS) is 17.1. The van der Waals surface area contributed by atoms with E-state index in [0.717, 1.165) is 24.3 Å². The Bertz CT molecular complexity index is 423. The SMILES string of the molecule is CC(=O)c1cc(Cl)ccc1N1CCCCCCC1. The van der Waals surface area contributed by atoms with Crippen molar-refractivity contribution in [1.29, 1.82) is 0 Å². The second-order valence-electron chi connectivity index (χ2n) is 4.97. The highest BCUT2D eigenvalue weighted by Crippen LogP contribution is 2.26. The summed E-state index contributed by atoms with van der Waals surface area (Å²) in [6.07, 6.45) is 6.34. The zero-order chi connectivity index (χ0) is 13.0. The zero-order valence-electron chi connectivity index (χ0n) is 10.9. The first-order valence-electron chi connectivity index (χ1n) is 6.74. The summed E-state index contributed by atoms with van der Waals surface area (Å²) in [6.45, 7) is 3.70. The Morgan fingerprint density at radius 2 is 1.72 bits per heavy atom. The van der Waals surface area contributed by atoms with Gasteiger partial charge in [-0.2, -0.15) is 0 Å². The summed E-state index contributed by atoms with van der Waals surface area (Å²) in [6, 6.07) is 5.65. The van der Waals surface area contributed by atoms with Crippen molar-refractivity contribution >= 4 is 23.1 Å². The quantitative estimate of drug-likeness (QED) is 0.743. The lowest BCUT2D eigenvalue weighted by Crippen LogP contribution is -2.28. The maximum atomic E-state index is 11.7. The molecule has 0 amide bonds. The largest absolute Gasteiger partial charge is 0.371 e. The molecule has 1 heterocycles. The number of ketones is 1. The smallest absolute Gasteiger partial charge is 0.161 e. The van der Waals surface area contributed by atoms with Crippen LogP contribution in [-0.2, 0) is 0 Å². The van der Waals surface area contributed by atoms with Gasteiger partial charge in [-0.1, -0.05) is 30.9 Å². The Kier molecular flexibility index (Phi) is 4.65. The van der Waals surface area contributed by atoms with Gasteiger partial charge in [-0.25, -0.2) is 0 Å². The van der Waals surface area contributed by atoms with Crippen molar-refractivity contribution in [1.82, 2.24) is 0 Å². The van der Waals surface area contributed by atoms with Gasteiger partial charge in [0.2, 0.25) is 0 Å². The van der Waals surface area contributed by atoms with E-state index in [2.05, 4.69) is 4.90 Å². The molecule has 2 nitrogen and oxygen atoms in total. The van der Waals surface area contributed by atoms with Crippen LogP contribution in [0.3, 0.4) is 0 Å². The monoisotopic (exact) mass is 265 g/mol. The molecule has 98 valence electrons. The van der Waals surface area contributed by atoms with Gasteiger partial charge in [0.1, 0.15) is 0 Å². The number of rotatable bonds is 2. The minimum absolute atomic E-state index is 0.0922. The van der Waals surface area contributed by atoms with E-state index in [0.29, 0.717) is 5.02 Å². The molecule has 1 saturated heterocycles. The van der Waals surface area contributed by atoms with E-state index >= 15 is 0 Å². The van der Waals surface area contributed by atoms with Crippen LogP contribution in [0.5, 0.6) is 0 Å². The lowest BCUT2D eigenvalue weighted by molar-refractivity contribution is 0.101. The minimum Gasteiger partial charge on any atom is -0.371 e. The van der Waals surface area contributed by atoms with Gasteiger partial charge in [-0.15, -0.1) is 0 Å². The molecule has 1 aliphatic rings. The molecule has 3 heteroatoms. The highest BCUT2D eigenvalue weighted by Gasteiger charge is 2.15. The number of carbonyl (C=O) groups excluding carboxylic acids is 1. The van der Waals surface area contributed by atoms with E-state index in [1.54, 1.807) is 13.0 Å². The number of carbonyl (C=O) groups is 1. The number of nitrogens with zero attached hydrogens (tertiary/aromatic N) is 1. The first-order chi connectivity index (χ1) is 8.68. The maximum absolute atomic E-state index is 11.7. The molecular formula is C15H20ClNO. The molecule has 0 N–H and O–H groups in total. The van der Waals surface area contributed by atoms with Gasteiger partial charge in [0.15, 0.2) is 5.78 Å². The average molecular weight is 266 g/mol. The van der Waals surface area contributed by atoms with Crippen molar-refractivity contribution < 1.29 is 4.79 Å². The molecule has 1 fully saturated rings. The summed E-state index contributed by atoms with van der Waals surface area (Å²) in [5.41, 5.74) is 1.80. The second kappa shape index (κ2) is 6.24. The topological polar surface area (TPSA) is 20.3 Å². The predicted molar refractivity (Wildman–Crippen MR) is 76.8 cm³/mol. The number of anilines is 1. The van der Waals surface area contributed by atoms with Crippen LogP contribution in [0.15, 0.2) is 18.2 Å². The van der Waals surface area contributed by atoms with Gasteiger partial charge in [0, 0.05) is 29.4 Å². The van der Waals surface area contributed by atoms with E-state index in [4.69, 9.17) is 11.6 Å². The van der Waals surface area contributed by atoms with Crippen LogP contribution in [0.1, 0.15) is 49.4 Å². The summed E-state index contributed by atoms with van der Waals surface area (Å²) in [4.78, 5) is 14.1. The third-order valence-electron chi connectivity index (χ3n) is 3.53. The van der Waals surface area contributed by atoms with Crippen LogP contribution < -0.4 is 4.90 Å². The molecule has 0 aromatic heterocycles. The van der Waals surface area contributed by atoms with Crippen molar-refractivity contribution in [2.24, 2.45) is 0 Å². The van der Waals surface area contributed by atoms with E-state index < -0.39 is 0 Å². The zero-order valence-corrected chi connectivity index (χ0v) is 11.7. The van der Waals surface area contributed by atoms with E-state index in [9.17, 15) is 4.79 Å². The highest BCUT2D eigenvalue weighted by molar-refractivity contribution is 6.31. The third kappa shape index (κ3) is 3.26. The molecule has 0 radical (unpaired) electrons. The van der Waals surface area contributed by atoms with Crippen molar-refractivity contribution in [3.63, 3.8) is 0 Å². The van der Waals surface area contributed by atoms with Crippen LogP contribution in [-0.4, -0.2) is 18.9 Å². The van der Waals surface area contributed by atoms with Crippen molar-refractivity contribution in [2.45, 2.75) is 39.0 Å². The molecule has 2 rings (SSSR count). The predicted octanol–water partition coefficient (Wildman–Crippen LogP) is 4.31. The van der Waals surface area contributed by atoms with Crippen molar-refractivity contribution in [3.05, 3.63) is 28.8 Å². The lowest BCUT2D eigenvalue weighted by atomic mass is 10.0. The van der Waals surface area contributed by atoms with E-state index in [1.807, 2.05) is 12.1 Å². The molecule has 0 atom stereocenters. The number of hydrogen-bond acceptors (Lipinski definition) is 2. The van der Waals surface area contributed by atoms with Gasteiger partial charge < -0.3 is 4.90 Å². The van der Waals surface area contributed by atoms with Gasteiger partial charge >= 0.3 is 0 Å². The van der Waals surface area contributed by atoms with Gasteiger partial charge in [0.05, 0.1) is 0 Å². The summed E-state index contributed by atoms with van der Waals surface area (Å²) in [5, 5.41) is 0.635. The van der Waals surface area contributed by atoms with Gasteiger partial charge in [0.25, 0.3) is 0 Å². The molecule has 0 aliphatic carbocycles. The Morgan fingerprint density at radius 3 is 2.33 bits per heavy atom. The van der Waals surface area contributed by atoms with Crippen molar-refractivity contribution in [3.8, 4) is 0 Å². The van der Waals surface area contributed by atoms with Gasteiger partial charge in [-0.3, -0.25) is 4.79 Å². The second-order valence-corrected chi connectivity index (χ2v) is 5.41. The number of Topliss-reactive ketones (excluding diaryl/α,β-unsaturated/α-hetero) is 1. The summed E-state index contributed by atoms with van der Waals surface area (Å²) in [5.74, 6) is 0.0922. The molecule has 0 bridgehead atoms. The molecular weight excluding hydrogens is 246 g/mol. The molecule has 0 unspecified atom stereocenters. The fraction of sp³-hybridized carbons (Fsp3) is 0.533. The maximum Gasteiger partial charge on any atom is 0.161 e. The Morgan fingerprint density at radius 1 is 1.11 bits per heavy atom. The molecule has 18 heavy (non-hydrogen) atoms. The van der Waals surface area contributed by atoms with Crippen LogP contribution in [0.25, 0.3) is 0 Å². The summed E-state index contributed by atoms with van der Waals surface area (Å²) >= 11 is 5.99. The number of halogens is 1. The van der Waals surface area contributed by atoms with Crippen molar-refractivity contribution in [2.75, 3.05) is 18.0 Å². The first-order valence-corrected chi connectivity index (χ1v) is 7.12. The van der Waals surface area contributed by atoms with Crippen LogP contribution >= 0.6 is 11.6 Å². The van der Waals surface area contributed by atoms with Crippen LogP contribution in [0.4, 0.5) is 5.69 Å². The molecule has 1 aromatic carbocycles. The fourth-order valence-electron chi connectivity index (χ4n) is 2.55. The first kappa shape index (κ1) is 13.4. The number of benzene rings is 1. The summed E-state index contributed by atoms with van der Waals surface area (Å²) < 4.78 is 0. The standard InChI is InChI=1S/C15H20ClNO/c1-12(18)14-11-13(16)7-8-15(14)17-9-5-3-2-4-6-10-17/h7-8,11H,2-6,9-10H2,1H3. The Balaban J connectivity index is 2.27. The number of hydrogen-bond donors (Lipinski definition) is 0. The molecule has 0 saturated carbocycles.